The highest BCUT2D eigenvalue weighted by Gasteiger charge is 2.24. The smallest absolute Gasteiger partial charge is 0.315 e. The third-order valence-electron chi connectivity index (χ3n) is 3.62. The van der Waals surface area contributed by atoms with Gasteiger partial charge in [0.2, 0.25) is 0 Å². The lowest BCUT2D eigenvalue weighted by Crippen LogP contribution is -2.45. The summed E-state index contributed by atoms with van der Waals surface area (Å²) >= 11 is 0. The lowest BCUT2D eigenvalue weighted by atomic mass is 9.79. The second-order valence-electron chi connectivity index (χ2n) is 5.41. The second kappa shape index (κ2) is 7.24. The summed E-state index contributed by atoms with van der Waals surface area (Å²) in [5.74, 6) is 0.445. The van der Waals surface area contributed by atoms with E-state index in [1.807, 2.05) is 0 Å². The molecule has 1 rings (SSSR count). The van der Waals surface area contributed by atoms with Gasteiger partial charge in [0.15, 0.2) is 0 Å². The Hall–Kier alpha value is -1.26. The number of carbonyl (C=O) groups is 2. The van der Waals surface area contributed by atoms with Crippen molar-refractivity contribution < 1.29 is 14.7 Å². The molecule has 1 saturated carbocycles. The number of carbonyl (C=O) groups excluding carboxylic acids is 1. The number of carboxylic acid groups (broad SMARTS) is 1. The number of nitrogens with one attached hydrogen (secondary N) is 2. The number of amides is 2. The third-order valence-corrected chi connectivity index (χ3v) is 3.62. The van der Waals surface area contributed by atoms with Gasteiger partial charge in [-0.2, -0.15) is 0 Å². The number of hydrogen-bond acceptors (Lipinski definition) is 2. The minimum Gasteiger partial charge on any atom is -0.481 e. The van der Waals surface area contributed by atoms with Crippen LogP contribution >= 0.6 is 0 Å². The van der Waals surface area contributed by atoms with Crippen molar-refractivity contribution in [2.75, 3.05) is 6.54 Å². The van der Waals surface area contributed by atoms with Crippen molar-refractivity contribution in [1.29, 1.82) is 0 Å². The maximum atomic E-state index is 11.6. The molecule has 0 aromatic heterocycles. The average Bonchev–Trinajstić information content (AvgIpc) is 2.28. The van der Waals surface area contributed by atoms with Crippen LogP contribution in [0.4, 0.5) is 4.79 Å². The van der Waals surface area contributed by atoms with E-state index in [0.29, 0.717) is 11.8 Å². The predicted molar refractivity (Wildman–Crippen MR) is 69.4 cm³/mol. The SMILES string of the molecule is CC(C)C1CCCC(NC(=O)NCCC(=O)O)C1. The first-order valence-corrected chi connectivity index (χ1v) is 6.75. The van der Waals surface area contributed by atoms with Crippen molar-refractivity contribution >= 4 is 12.0 Å². The zero-order chi connectivity index (χ0) is 13.5. The van der Waals surface area contributed by atoms with Crippen LogP contribution in [0.1, 0.15) is 46.0 Å². The van der Waals surface area contributed by atoms with Gasteiger partial charge in [0.05, 0.1) is 6.42 Å². The molecular formula is C13H24N2O3. The Balaban J connectivity index is 2.24. The van der Waals surface area contributed by atoms with Crippen molar-refractivity contribution in [3.05, 3.63) is 0 Å². The van der Waals surface area contributed by atoms with Crippen LogP contribution in [0.3, 0.4) is 0 Å². The van der Waals surface area contributed by atoms with Crippen LogP contribution in [0.25, 0.3) is 0 Å². The Bertz CT molecular complexity index is 292. The lowest BCUT2D eigenvalue weighted by molar-refractivity contribution is -0.136. The van der Waals surface area contributed by atoms with Gasteiger partial charge in [-0.3, -0.25) is 4.79 Å². The molecule has 0 aromatic carbocycles. The largest absolute Gasteiger partial charge is 0.481 e. The number of rotatable bonds is 5. The van der Waals surface area contributed by atoms with Crippen molar-refractivity contribution in [3.63, 3.8) is 0 Å². The van der Waals surface area contributed by atoms with Crippen LogP contribution in [-0.2, 0) is 4.79 Å². The molecular weight excluding hydrogens is 232 g/mol. The van der Waals surface area contributed by atoms with Gasteiger partial charge < -0.3 is 15.7 Å². The molecule has 0 aromatic rings. The summed E-state index contributed by atoms with van der Waals surface area (Å²) in [5.41, 5.74) is 0. The zero-order valence-corrected chi connectivity index (χ0v) is 11.2. The van der Waals surface area contributed by atoms with E-state index < -0.39 is 5.97 Å². The molecule has 5 nitrogen and oxygen atoms in total. The van der Waals surface area contributed by atoms with E-state index in [1.165, 1.54) is 6.42 Å². The maximum absolute atomic E-state index is 11.6. The molecule has 2 amide bonds. The number of carboxylic acids is 1. The van der Waals surface area contributed by atoms with Crippen LogP contribution in [0, 0.1) is 11.8 Å². The number of aliphatic carboxylic acids is 1. The molecule has 0 heterocycles. The predicted octanol–water partition coefficient (Wildman–Crippen LogP) is 1.98. The van der Waals surface area contributed by atoms with Crippen molar-refractivity contribution in [1.82, 2.24) is 10.6 Å². The molecule has 2 unspecified atom stereocenters. The highest BCUT2D eigenvalue weighted by Crippen LogP contribution is 2.29. The summed E-state index contributed by atoms with van der Waals surface area (Å²) in [6.45, 7) is 4.63. The molecule has 0 aliphatic heterocycles. The van der Waals surface area contributed by atoms with Crippen molar-refractivity contribution in [2.45, 2.75) is 52.0 Å². The highest BCUT2D eigenvalue weighted by molar-refractivity contribution is 5.75. The second-order valence-corrected chi connectivity index (χ2v) is 5.41. The van der Waals surface area contributed by atoms with Gasteiger partial charge in [-0.05, 0) is 24.7 Å². The standard InChI is InChI=1S/C13H24N2O3/c1-9(2)10-4-3-5-11(8-10)15-13(18)14-7-6-12(16)17/h9-11H,3-8H2,1-2H3,(H,16,17)(H2,14,15,18). The fourth-order valence-electron chi connectivity index (χ4n) is 2.48. The molecule has 104 valence electrons. The van der Waals surface area contributed by atoms with Gasteiger partial charge >= 0.3 is 12.0 Å². The first-order chi connectivity index (χ1) is 8.49. The Morgan fingerprint density at radius 2 is 2.06 bits per heavy atom. The summed E-state index contributed by atoms with van der Waals surface area (Å²) in [5, 5.41) is 14.0. The molecule has 0 spiro atoms. The molecule has 1 aliphatic carbocycles. The Morgan fingerprint density at radius 1 is 1.33 bits per heavy atom. The quantitative estimate of drug-likeness (QED) is 0.703. The molecule has 0 bridgehead atoms. The van der Waals surface area contributed by atoms with Gasteiger partial charge in [-0.1, -0.05) is 26.7 Å². The topological polar surface area (TPSA) is 78.4 Å². The Morgan fingerprint density at radius 3 is 2.67 bits per heavy atom. The molecule has 2 atom stereocenters. The van der Waals surface area contributed by atoms with E-state index in [-0.39, 0.29) is 25.0 Å². The Kier molecular flexibility index (Phi) is 5.95. The Labute approximate surface area is 108 Å². The number of hydrogen-bond donors (Lipinski definition) is 3. The van der Waals surface area contributed by atoms with E-state index in [1.54, 1.807) is 0 Å². The van der Waals surface area contributed by atoms with Gasteiger partial charge in [0, 0.05) is 12.6 Å². The van der Waals surface area contributed by atoms with Crippen LogP contribution < -0.4 is 10.6 Å². The van der Waals surface area contributed by atoms with E-state index in [2.05, 4.69) is 24.5 Å². The molecule has 3 N–H and O–H groups in total. The van der Waals surface area contributed by atoms with Crippen molar-refractivity contribution in [3.8, 4) is 0 Å². The van der Waals surface area contributed by atoms with Crippen molar-refractivity contribution in [2.24, 2.45) is 11.8 Å². The van der Waals surface area contributed by atoms with Gasteiger partial charge in [-0.25, -0.2) is 4.79 Å². The monoisotopic (exact) mass is 256 g/mol. The van der Waals surface area contributed by atoms with Gasteiger partial charge in [-0.15, -0.1) is 0 Å². The maximum Gasteiger partial charge on any atom is 0.315 e. The van der Waals surface area contributed by atoms with Gasteiger partial charge in [0.1, 0.15) is 0 Å². The normalized spacial score (nSPS) is 23.7. The molecule has 5 heteroatoms. The minimum atomic E-state index is -0.896. The van der Waals surface area contributed by atoms with E-state index in [0.717, 1.165) is 19.3 Å². The zero-order valence-electron chi connectivity index (χ0n) is 11.2. The molecule has 0 saturated heterocycles. The summed E-state index contributed by atoms with van der Waals surface area (Å²) < 4.78 is 0. The number of urea groups is 1. The summed E-state index contributed by atoms with van der Waals surface area (Å²) in [6, 6.07) is -0.0124. The fraction of sp³-hybridized carbons (Fsp3) is 0.846. The average molecular weight is 256 g/mol. The highest BCUT2D eigenvalue weighted by atomic mass is 16.4. The molecule has 18 heavy (non-hydrogen) atoms. The van der Waals surface area contributed by atoms with E-state index in [4.69, 9.17) is 5.11 Å². The molecule has 1 fully saturated rings. The minimum absolute atomic E-state index is 0.0350. The van der Waals surface area contributed by atoms with Crippen LogP contribution in [0.2, 0.25) is 0 Å². The molecule has 1 aliphatic rings. The first kappa shape index (κ1) is 14.8. The van der Waals surface area contributed by atoms with Crippen LogP contribution in [0.5, 0.6) is 0 Å². The van der Waals surface area contributed by atoms with Crippen LogP contribution in [0.15, 0.2) is 0 Å². The summed E-state index contributed by atoms with van der Waals surface area (Å²) in [6.07, 6.45) is 4.42. The van der Waals surface area contributed by atoms with E-state index in [9.17, 15) is 9.59 Å². The molecule has 0 radical (unpaired) electrons. The summed E-state index contributed by atoms with van der Waals surface area (Å²) in [4.78, 5) is 21.9. The third kappa shape index (κ3) is 5.38. The summed E-state index contributed by atoms with van der Waals surface area (Å²) in [7, 11) is 0. The first-order valence-electron chi connectivity index (χ1n) is 6.75. The van der Waals surface area contributed by atoms with E-state index >= 15 is 0 Å². The van der Waals surface area contributed by atoms with Crippen LogP contribution in [-0.4, -0.2) is 29.7 Å². The lowest BCUT2D eigenvalue weighted by Gasteiger charge is -2.32. The van der Waals surface area contributed by atoms with Gasteiger partial charge in [0.25, 0.3) is 0 Å². The fourth-order valence-corrected chi connectivity index (χ4v) is 2.48.